The van der Waals surface area contributed by atoms with Crippen molar-refractivity contribution in [3.63, 3.8) is 0 Å². The van der Waals surface area contributed by atoms with Crippen molar-refractivity contribution in [2.24, 2.45) is 0 Å². The number of nitrogens with one attached hydrogen (secondary N) is 2. The van der Waals surface area contributed by atoms with Crippen LogP contribution in [0, 0.1) is 0 Å². The van der Waals surface area contributed by atoms with Crippen LogP contribution >= 0.6 is 23.2 Å². The molecule has 0 spiro atoms. The summed E-state index contributed by atoms with van der Waals surface area (Å²) in [6, 6.07) is 7.64. The molecule has 0 saturated carbocycles. The molecule has 0 bridgehead atoms. The van der Waals surface area contributed by atoms with Gasteiger partial charge in [0.2, 0.25) is 15.9 Å². The summed E-state index contributed by atoms with van der Waals surface area (Å²) in [6.07, 6.45) is 0. The van der Waals surface area contributed by atoms with Crippen LogP contribution in [0.4, 0.5) is 5.69 Å². The number of rotatable bonds is 7. The Balaban J connectivity index is 2.14. The number of ether oxygens (including phenoxy) is 2. The fourth-order valence-corrected chi connectivity index (χ4v) is 3.68. The van der Waals surface area contributed by atoms with E-state index in [2.05, 4.69) is 10.0 Å². The molecule has 2 aromatic carbocycles. The van der Waals surface area contributed by atoms with Crippen molar-refractivity contribution >= 4 is 44.8 Å². The van der Waals surface area contributed by atoms with Crippen LogP contribution < -0.4 is 19.5 Å². The Bertz CT molecular complexity index is 950. The van der Waals surface area contributed by atoms with Crippen molar-refractivity contribution in [1.29, 1.82) is 0 Å². The van der Waals surface area contributed by atoms with Crippen LogP contribution in [-0.4, -0.2) is 34.6 Å². The average Bonchev–Trinajstić information content (AvgIpc) is 2.63. The molecule has 146 valence electrons. The maximum Gasteiger partial charge on any atom is 0.242 e. The first kappa shape index (κ1) is 21.3. The van der Waals surface area contributed by atoms with E-state index in [0.717, 1.165) is 0 Å². The van der Waals surface area contributed by atoms with Crippen LogP contribution in [0.3, 0.4) is 0 Å². The molecule has 1 atom stereocenters. The average molecular weight is 433 g/mol. The molecular weight excluding hydrogens is 415 g/mol. The van der Waals surface area contributed by atoms with Gasteiger partial charge in [-0.1, -0.05) is 23.2 Å². The van der Waals surface area contributed by atoms with Crippen molar-refractivity contribution in [2.45, 2.75) is 17.9 Å². The molecular formula is C17H18Cl2N2O5S. The molecule has 10 heteroatoms. The highest BCUT2D eigenvalue weighted by atomic mass is 35.5. The highest BCUT2D eigenvalue weighted by Crippen LogP contribution is 2.29. The van der Waals surface area contributed by atoms with Crippen LogP contribution in [-0.2, 0) is 14.8 Å². The van der Waals surface area contributed by atoms with Gasteiger partial charge in [-0.05, 0) is 37.3 Å². The quantitative estimate of drug-likeness (QED) is 0.699. The van der Waals surface area contributed by atoms with E-state index in [9.17, 15) is 13.2 Å². The minimum absolute atomic E-state index is 0.0608. The molecule has 0 fully saturated rings. The SMILES string of the molecule is COc1ccc(S(=O)(=O)NC(C)C(=O)Nc2ccc(Cl)c(Cl)c2)cc1OC. The van der Waals surface area contributed by atoms with Gasteiger partial charge in [0.15, 0.2) is 11.5 Å². The summed E-state index contributed by atoms with van der Waals surface area (Å²) in [4.78, 5) is 12.2. The van der Waals surface area contributed by atoms with E-state index in [1.165, 1.54) is 51.5 Å². The number of carbonyl (C=O) groups is 1. The number of methoxy groups -OCH3 is 2. The fourth-order valence-electron chi connectivity index (χ4n) is 2.16. The van der Waals surface area contributed by atoms with Gasteiger partial charge in [-0.25, -0.2) is 8.42 Å². The number of hydrogen-bond donors (Lipinski definition) is 2. The number of benzene rings is 2. The monoisotopic (exact) mass is 432 g/mol. The molecule has 0 aliphatic rings. The van der Waals surface area contributed by atoms with Crippen molar-refractivity contribution in [2.75, 3.05) is 19.5 Å². The van der Waals surface area contributed by atoms with Gasteiger partial charge in [0.05, 0.1) is 35.2 Å². The van der Waals surface area contributed by atoms with Crippen LogP contribution in [0.2, 0.25) is 10.0 Å². The zero-order chi connectivity index (χ0) is 20.2. The van der Waals surface area contributed by atoms with Crippen LogP contribution in [0.15, 0.2) is 41.3 Å². The molecule has 0 heterocycles. The number of halogens is 2. The fraction of sp³-hybridized carbons (Fsp3) is 0.235. The zero-order valence-electron chi connectivity index (χ0n) is 14.7. The number of hydrogen-bond acceptors (Lipinski definition) is 5. The molecule has 1 unspecified atom stereocenters. The second-order valence-electron chi connectivity index (χ2n) is 5.48. The van der Waals surface area contributed by atoms with Crippen LogP contribution in [0.25, 0.3) is 0 Å². The largest absolute Gasteiger partial charge is 0.493 e. The lowest BCUT2D eigenvalue weighted by atomic mass is 10.3. The summed E-state index contributed by atoms with van der Waals surface area (Å²) in [5.41, 5.74) is 0.395. The predicted octanol–water partition coefficient (Wildman–Crippen LogP) is 3.32. The van der Waals surface area contributed by atoms with E-state index in [-0.39, 0.29) is 15.7 Å². The summed E-state index contributed by atoms with van der Waals surface area (Å²) in [5, 5.41) is 3.19. The van der Waals surface area contributed by atoms with E-state index in [4.69, 9.17) is 32.7 Å². The Morgan fingerprint density at radius 1 is 1.00 bits per heavy atom. The van der Waals surface area contributed by atoms with Gasteiger partial charge in [-0.2, -0.15) is 4.72 Å². The van der Waals surface area contributed by atoms with E-state index in [0.29, 0.717) is 16.5 Å². The first-order valence-corrected chi connectivity index (χ1v) is 9.92. The first-order chi connectivity index (χ1) is 12.7. The molecule has 0 radical (unpaired) electrons. The van der Waals surface area contributed by atoms with Gasteiger partial charge in [0, 0.05) is 11.8 Å². The van der Waals surface area contributed by atoms with Gasteiger partial charge in [-0.15, -0.1) is 0 Å². The van der Waals surface area contributed by atoms with Gasteiger partial charge >= 0.3 is 0 Å². The summed E-state index contributed by atoms with van der Waals surface area (Å²) in [6.45, 7) is 1.42. The van der Waals surface area contributed by atoms with Crippen LogP contribution in [0.5, 0.6) is 11.5 Å². The Morgan fingerprint density at radius 2 is 1.67 bits per heavy atom. The van der Waals surface area contributed by atoms with Gasteiger partial charge in [-0.3, -0.25) is 4.79 Å². The van der Waals surface area contributed by atoms with Crippen LogP contribution in [0.1, 0.15) is 6.92 Å². The first-order valence-electron chi connectivity index (χ1n) is 7.68. The third-order valence-corrected chi connectivity index (χ3v) is 5.86. The van der Waals surface area contributed by atoms with E-state index in [1.54, 1.807) is 6.07 Å². The molecule has 0 aromatic heterocycles. The van der Waals surface area contributed by atoms with Gasteiger partial charge in [0.25, 0.3) is 0 Å². The smallest absolute Gasteiger partial charge is 0.242 e. The minimum atomic E-state index is -3.96. The van der Waals surface area contributed by atoms with Crippen molar-refractivity contribution in [3.8, 4) is 11.5 Å². The molecule has 2 N–H and O–H groups in total. The maximum absolute atomic E-state index is 12.5. The standard InChI is InChI=1S/C17H18Cl2N2O5S/c1-10(17(22)20-11-4-6-13(18)14(19)8-11)21-27(23,24)12-5-7-15(25-2)16(9-12)26-3/h4-10,21H,1-3H3,(H,20,22). The lowest BCUT2D eigenvalue weighted by molar-refractivity contribution is -0.117. The molecule has 1 amide bonds. The van der Waals surface area contributed by atoms with Crippen molar-refractivity contribution < 1.29 is 22.7 Å². The van der Waals surface area contributed by atoms with E-state index >= 15 is 0 Å². The summed E-state index contributed by atoms with van der Waals surface area (Å²) in [5.74, 6) is 0.0904. The second kappa shape index (κ2) is 8.79. The lowest BCUT2D eigenvalue weighted by Gasteiger charge is -2.16. The molecule has 2 aromatic rings. The maximum atomic E-state index is 12.5. The van der Waals surface area contributed by atoms with Gasteiger partial charge < -0.3 is 14.8 Å². The molecule has 7 nitrogen and oxygen atoms in total. The Morgan fingerprint density at radius 3 is 2.26 bits per heavy atom. The summed E-state index contributed by atoms with van der Waals surface area (Å²) in [7, 11) is -1.12. The van der Waals surface area contributed by atoms with E-state index in [1.807, 2.05) is 0 Å². The molecule has 0 saturated heterocycles. The number of sulfonamides is 1. The van der Waals surface area contributed by atoms with E-state index < -0.39 is 22.0 Å². The molecule has 0 aliphatic heterocycles. The lowest BCUT2D eigenvalue weighted by Crippen LogP contribution is -2.41. The highest BCUT2D eigenvalue weighted by Gasteiger charge is 2.23. The molecule has 2 rings (SSSR count). The normalized spacial score (nSPS) is 12.3. The predicted molar refractivity (Wildman–Crippen MR) is 104 cm³/mol. The van der Waals surface area contributed by atoms with Crippen molar-refractivity contribution in [3.05, 3.63) is 46.4 Å². The Hall–Kier alpha value is -2.00. The summed E-state index contributed by atoms with van der Waals surface area (Å²) >= 11 is 11.7. The topological polar surface area (TPSA) is 93.7 Å². The highest BCUT2D eigenvalue weighted by molar-refractivity contribution is 7.89. The Kier molecular flexibility index (Phi) is 6.94. The van der Waals surface area contributed by atoms with Crippen molar-refractivity contribution in [1.82, 2.24) is 4.72 Å². The zero-order valence-corrected chi connectivity index (χ0v) is 17.1. The number of anilines is 1. The molecule has 27 heavy (non-hydrogen) atoms. The third-order valence-electron chi connectivity index (χ3n) is 3.58. The molecule has 0 aliphatic carbocycles. The van der Waals surface area contributed by atoms with Gasteiger partial charge in [0.1, 0.15) is 0 Å². The minimum Gasteiger partial charge on any atom is -0.493 e. The second-order valence-corrected chi connectivity index (χ2v) is 8.01. The Labute approximate surface area is 167 Å². The number of carbonyl (C=O) groups excluding carboxylic acids is 1. The summed E-state index contributed by atoms with van der Waals surface area (Å²) < 4.78 is 37.6. The number of amides is 1. The third kappa shape index (κ3) is 5.26.